The van der Waals surface area contributed by atoms with Crippen molar-refractivity contribution in [2.75, 3.05) is 6.61 Å². The third-order valence-corrected chi connectivity index (χ3v) is 2.84. The molecule has 0 aromatic carbocycles. The van der Waals surface area contributed by atoms with Crippen molar-refractivity contribution in [3.8, 4) is 11.3 Å². The Morgan fingerprint density at radius 3 is 3.12 bits per heavy atom. The first-order valence-corrected chi connectivity index (χ1v) is 5.41. The number of ether oxygens (including phenoxy) is 1. The summed E-state index contributed by atoms with van der Waals surface area (Å²) in [5.74, 6) is 0. The first kappa shape index (κ1) is 9.54. The Morgan fingerprint density at radius 2 is 2.31 bits per heavy atom. The average molecular weight is 215 g/mol. The highest BCUT2D eigenvalue weighted by atomic mass is 16.5. The van der Waals surface area contributed by atoms with E-state index < -0.39 is 0 Å². The SMILES string of the molecule is Cc1nn2c(c1-c1ccccn1)COCC2. The molecule has 0 N–H and O–H groups in total. The fraction of sp³-hybridized carbons (Fsp3) is 0.333. The second-order valence-corrected chi connectivity index (χ2v) is 3.90. The van der Waals surface area contributed by atoms with Crippen molar-refractivity contribution in [3.63, 3.8) is 0 Å². The monoisotopic (exact) mass is 215 g/mol. The number of nitrogens with zero attached hydrogens (tertiary/aromatic N) is 3. The number of hydrogen-bond acceptors (Lipinski definition) is 3. The molecule has 1 aliphatic rings. The van der Waals surface area contributed by atoms with Crippen LogP contribution in [0, 0.1) is 6.92 Å². The standard InChI is InChI=1S/C12H13N3O/c1-9-12(10-4-2-3-5-13-10)11-8-16-7-6-15(11)14-9/h2-5H,6-8H2,1H3. The van der Waals surface area contributed by atoms with Gasteiger partial charge in [0.2, 0.25) is 0 Å². The highest BCUT2D eigenvalue weighted by molar-refractivity contribution is 5.64. The number of fused-ring (bicyclic) bond motifs is 1. The summed E-state index contributed by atoms with van der Waals surface area (Å²) in [5.41, 5.74) is 4.27. The van der Waals surface area contributed by atoms with Crippen molar-refractivity contribution >= 4 is 0 Å². The lowest BCUT2D eigenvalue weighted by Crippen LogP contribution is -2.17. The van der Waals surface area contributed by atoms with E-state index >= 15 is 0 Å². The smallest absolute Gasteiger partial charge is 0.0892 e. The fourth-order valence-corrected chi connectivity index (χ4v) is 2.12. The number of aromatic nitrogens is 3. The van der Waals surface area contributed by atoms with E-state index in [0.29, 0.717) is 6.61 Å². The minimum absolute atomic E-state index is 0.632. The van der Waals surface area contributed by atoms with Crippen molar-refractivity contribution in [2.24, 2.45) is 0 Å². The van der Waals surface area contributed by atoms with E-state index in [2.05, 4.69) is 10.1 Å². The van der Waals surface area contributed by atoms with Gasteiger partial charge in [0.15, 0.2) is 0 Å². The zero-order valence-corrected chi connectivity index (χ0v) is 9.18. The van der Waals surface area contributed by atoms with Crippen LogP contribution in [0.25, 0.3) is 11.3 Å². The predicted octanol–water partition coefficient (Wildman–Crippen LogP) is 1.78. The first-order chi connectivity index (χ1) is 7.86. The Hall–Kier alpha value is -1.68. The maximum atomic E-state index is 5.48. The van der Waals surface area contributed by atoms with E-state index in [1.54, 1.807) is 0 Å². The molecular formula is C12H13N3O. The molecule has 4 heteroatoms. The molecule has 1 aliphatic heterocycles. The van der Waals surface area contributed by atoms with Gasteiger partial charge in [-0.15, -0.1) is 0 Å². The number of rotatable bonds is 1. The van der Waals surface area contributed by atoms with E-state index in [1.165, 1.54) is 0 Å². The number of hydrogen-bond donors (Lipinski definition) is 0. The van der Waals surface area contributed by atoms with Gasteiger partial charge in [-0.25, -0.2) is 0 Å². The van der Waals surface area contributed by atoms with Crippen LogP contribution >= 0.6 is 0 Å². The van der Waals surface area contributed by atoms with E-state index in [4.69, 9.17) is 4.74 Å². The zero-order chi connectivity index (χ0) is 11.0. The first-order valence-electron chi connectivity index (χ1n) is 5.41. The summed E-state index contributed by atoms with van der Waals surface area (Å²) < 4.78 is 7.51. The maximum absolute atomic E-state index is 5.48. The molecule has 0 aliphatic carbocycles. The molecule has 0 fully saturated rings. The van der Waals surface area contributed by atoms with Gasteiger partial charge in [-0.2, -0.15) is 5.10 Å². The molecule has 0 bridgehead atoms. The molecule has 0 unspecified atom stereocenters. The van der Waals surface area contributed by atoms with Gasteiger partial charge in [0.05, 0.1) is 36.8 Å². The molecule has 0 saturated carbocycles. The van der Waals surface area contributed by atoms with Crippen LogP contribution < -0.4 is 0 Å². The highest BCUT2D eigenvalue weighted by Gasteiger charge is 2.20. The molecule has 0 saturated heterocycles. The predicted molar refractivity (Wildman–Crippen MR) is 59.9 cm³/mol. The van der Waals surface area contributed by atoms with Gasteiger partial charge in [0.1, 0.15) is 0 Å². The summed E-state index contributed by atoms with van der Waals surface area (Å²) in [4.78, 5) is 4.38. The van der Waals surface area contributed by atoms with E-state index in [0.717, 1.165) is 35.8 Å². The Balaban J connectivity index is 2.17. The summed E-state index contributed by atoms with van der Waals surface area (Å²) in [7, 11) is 0. The van der Waals surface area contributed by atoms with Crippen LogP contribution in [0.15, 0.2) is 24.4 Å². The number of pyridine rings is 1. The lowest BCUT2D eigenvalue weighted by molar-refractivity contribution is 0.0804. The molecule has 2 aromatic heterocycles. The minimum atomic E-state index is 0.632. The summed E-state index contributed by atoms with van der Waals surface area (Å²) in [6.07, 6.45) is 1.81. The molecule has 3 rings (SSSR count). The Labute approximate surface area is 93.9 Å². The van der Waals surface area contributed by atoms with Gasteiger partial charge >= 0.3 is 0 Å². The largest absolute Gasteiger partial charge is 0.373 e. The summed E-state index contributed by atoms with van der Waals surface area (Å²) in [6.45, 7) is 4.24. The van der Waals surface area contributed by atoms with Crippen LogP contribution in [0.3, 0.4) is 0 Å². The van der Waals surface area contributed by atoms with Crippen LogP contribution in [-0.2, 0) is 17.9 Å². The third kappa shape index (κ3) is 1.42. The second kappa shape index (κ2) is 3.72. The Bertz CT molecular complexity index is 504. The summed E-state index contributed by atoms with van der Waals surface area (Å²) in [6, 6.07) is 5.93. The van der Waals surface area contributed by atoms with Gasteiger partial charge in [-0.1, -0.05) is 6.07 Å². The molecule has 0 atom stereocenters. The zero-order valence-electron chi connectivity index (χ0n) is 9.18. The van der Waals surface area contributed by atoms with Crippen LogP contribution in [0.5, 0.6) is 0 Å². The van der Waals surface area contributed by atoms with E-state index in [-0.39, 0.29) is 0 Å². The summed E-state index contributed by atoms with van der Waals surface area (Å²) >= 11 is 0. The molecule has 0 radical (unpaired) electrons. The van der Waals surface area contributed by atoms with Crippen molar-refractivity contribution < 1.29 is 4.74 Å². The van der Waals surface area contributed by atoms with Gasteiger partial charge in [-0.05, 0) is 19.1 Å². The Morgan fingerprint density at radius 1 is 1.38 bits per heavy atom. The van der Waals surface area contributed by atoms with Crippen LogP contribution in [0.4, 0.5) is 0 Å². The van der Waals surface area contributed by atoms with Gasteiger partial charge in [0, 0.05) is 11.8 Å². The summed E-state index contributed by atoms with van der Waals surface area (Å²) in [5, 5.41) is 4.52. The van der Waals surface area contributed by atoms with Gasteiger partial charge in [0.25, 0.3) is 0 Å². The Kier molecular flexibility index (Phi) is 2.22. The van der Waals surface area contributed by atoms with E-state index in [9.17, 15) is 0 Å². The van der Waals surface area contributed by atoms with E-state index in [1.807, 2.05) is 36.0 Å². The topological polar surface area (TPSA) is 39.9 Å². The second-order valence-electron chi connectivity index (χ2n) is 3.90. The lowest BCUT2D eigenvalue weighted by Gasteiger charge is -2.15. The van der Waals surface area contributed by atoms with Crippen LogP contribution in [0.1, 0.15) is 11.4 Å². The third-order valence-electron chi connectivity index (χ3n) is 2.84. The van der Waals surface area contributed by atoms with Crippen molar-refractivity contribution in [1.82, 2.24) is 14.8 Å². The molecule has 3 heterocycles. The molecule has 0 amide bonds. The van der Waals surface area contributed by atoms with Crippen LogP contribution in [-0.4, -0.2) is 21.4 Å². The van der Waals surface area contributed by atoms with Crippen molar-refractivity contribution in [1.29, 1.82) is 0 Å². The molecule has 4 nitrogen and oxygen atoms in total. The molecule has 82 valence electrons. The molecule has 0 spiro atoms. The average Bonchev–Trinajstić information content (AvgIpc) is 2.66. The molecule has 16 heavy (non-hydrogen) atoms. The maximum Gasteiger partial charge on any atom is 0.0892 e. The highest BCUT2D eigenvalue weighted by Crippen LogP contribution is 2.27. The van der Waals surface area contributed by atoms with Crippen molar-refractivity contribution in [3.05, 3.63) is 35.8 Å². The normalized spacial score (nSPS) is 14.8. The minimum Gasteiger partial charge on any atom is -0.373 e. The quantitative estimate of drug-likeness (QED) is 0.728. The van der Waals surface area contributed by atoms with Crippen molar-refractivity contribution in [2.45, 2.75) is 20.1 Å². The lowest BCUT2D eigenvalue weighted by atomic mass is 10.1. The number of aryl methyl sites for hydroxylation is 1. The molecule has 2 aromatic rings. The molecular weight excluding hydrogens is 202 g/mol. The van der Waals surface area contributed by atoms with Gasteiger partial charge < -0.3 is 4.74 Å². The van der Waals surface area contributed by atoms with Crippen LogP contribution in [0.2, 0.25) is 0 Å². The fourth-order valence-electron chi connectivity index (χ4n) is 2.12. The van der Waals surface area contributed by atoms with Gasteiger partial charge in [-0.3, -0.25) is 9.67 Å².